The lowest BCUT2D eigenvalue weighted by Crippen LogP contribution is -2.45. The molecule has 0 N–H and O–H groups in total. The molecule has 0 fully saturated rings. The zero-order valence-corrected chi connectivity index (χ0v) is 10.4. The highest BCUT2D eigenvalue weighted by Gasteiger charge is 2.49. The normalized spacial score (nSPS) is 35.0. The number of allylic oxidation sites excluding steroid dienone is 4. The van der Waals surface area contributed by atoms with E-state index >= 15 is 0 Å². The molecule has 0 aliphatic heterocycles. The summed E-state index contributed by atoms with van der Waals surface area (Å²) in [5.41, 5.74) is 2.69. The molecule has 0 saturated heterocycles. The van der Waals surface area contributed by atoms with Gasteiger partial charge in [-0.3, -0.25) is 9.59 Å². The highest BCUT2D eigenvalue weighted by molar-refractivity contribution is 6.12. The molecule has 0 amide bonds. The second kappa shape index (κ2) is 3.41. The van der Waals surface area contributed by atoms with Gasteiger partial charge in [-0.1, -0.05) is 18.1 Å². The molecule has 2 aliphatic rings. The molecule has 0 spiro atoms. The van der Waals surface area contributed by atoms with Crippen molar-refractivity contribution in [1.29, 1.82) is 0 Å². The van der Waals surface area contributed by atoms with Crippen molar-refractivity contribution in [3.63, 3.8) is 0 Å². The Labute approximate surface area is 96.4 Å². The number of Topliss-reactive ketones (excluding diaryl/α,β-unsaturated/α-hetero) is 1. The van der Waals surface area contributed by atoms with E-state index in [1.165, 1.54) is 17.2 Å². The lowest BCUT2D eigenvalue weighted by Gasteiger charge is -2.42. The molecule has 0 radical (unpaired) electrons. The monoisotopic (exact) mass is 218 g/mol. The Hall–Kier alpha value is -1.18. The van der Waals surface area contributed by atoms with Gasteiger partial charge in [-0.2, -0.15) is 0 Å². The van der Waals surface area contributed by atoms with Crippen molar-refractivity contribution in [2.45, 2.75) is 40.5 Å². The molecule has 0 aromatic carbocycles. The smallest absolute Gasteiger partial charge is 0.163 e. The Bertz CT molecular complexity index is 440. The number of rotatable bonds is 0. The lowest BCUT2D eigenvalue weighted by molar-refractivity contribution is -0.136. The molecule has 0 aromatic heterocycles. The van der Waals surface area contributed by atoms with E-state index in [0.717, 1.165) is 12.8 Å². The van der Waals surface area contributed by atoms with Crippen LogP contribution in [0, 0.1) is 11.3 Å². The van der Waals surface area contributed by atoms with Crippen LogP contribution in [-0.2, 0) is 9.59 Å². The van der Waals surface area contributed by atoms with Crippen LogP contribution in [0.4, 0.5) is 0 Å². The van der Waals surface area contributed by atoms with Crippen LogP contribution in [0.2, 0.25) is 0 Å². The average molecular weight is 218 g/mol. The zero-order valence-electron chi connectivity index (χ0n) is 10.4. The summed E-state index contributed by atoms with van der Waals surface area (Å²) < 4.78 is 0. The molecule has 86 valence electrons. The molecule has 0 aromatic rings. The van der Waals surface area contributed by atoms with Crippen molar-refractivity contribution in [2.75, 3.05) is 0 Å². The summed E-state index contributed by atoms with van der Waals surface area (Å²) >= 11 is 0. The van der Waals surface area contributed by atoms with Crippen molar-refractivity contribution < 1.29 is 9.59 Å². The van der Waals surface area contributed by atoms with Crippen LogP contribution in [-0.4, -0.2) is 11.6 Å². The maximum atomic E-state index is 12.1. The third-order valence-electron chi connectivity index (χ3n) is 4.26. The van der Waals surface area contributed by atoms with Gasteiger partial charge in [0.2, 0.25) is 0 Å². The summed E-state index contributed by atoms with van der Waals surface area (Å²) in [4.78, 5) is 24.2. The highest BCUT2D eigenvalue weighted by Crippen LogP contribution is 2.47. The van der Waals surface area contributed by atoms with Crippen LogP contribution in [0.5, 0.6) is 0 Å². The van der Waals surface area contributed by atoms with Gasteiger partial charge in [0.1, 0.15) is 0 Å². The lowest BCUT2D eigenvalue weighted by atomic mass is 9.59. The standard InChI is InChI=1S/C14H18O2/c1-8-5-11-13(16)9(2)6-12(15)14(11,4)7-10(8)3/h6,11H,5,7H2,1-4H3/t11-,14+/m1/s1. The summed E-state index contributed by atoms with van der Waals surface area (Å²) in [6.45, 7) is 7.83. The van der Waals surface area contributed by atoms with Gasteiger partial charge in [-0.05, 0) is 45.3 Å². The summed E-state index contributed by atoms with van der Waals surface area (Å²) in [5, 5.41) is 0. The first-order valence-electron chi connectivity index (χ1n) is 5.78. The maximum Gasteiger partial charge on any atom is 0.163 e. The third kappa shape index (κ3) is 1.40. The molecule has 2 atom stereocenters. The molecule has 0 unspecified atom stereocenters. The average Bonchev–Trinajstić information content (AvgIpc) is 2.20. The van der Waals surface area contributed by atoms with Crippen LogP contribution in [0.25, 0.3) is 0 Å². The van der Waals surface area contributed by atoms with Gasteiger partial charge in [0.15, 0.2) is 11.6 Å². The molecule has 16 heavy (non-hydrogen) atoms. The Morgan fingerprint density at radius 2 is 1.81 bits per heavy atom. The topological polar surface area (TPSA) is 34.1 Å². The second-order valence-electron chi connectivity index (χ2n) is 5.47. The van der Waals surface area contributed by atoms with E-state index in [4.69, 9.17) is 0 Å². The van der Waals surface area contributed by atoms with Crippen molar-refractivity contribution in [1.82, 2.24) is 0 Å². The van der Waals surface area contributed by atoms with Crippen molar-refractivity contribution in [3.8, 4) is 0 Å². The SMILES string of the molecule is CC1=CC(=O)[C@@]2(C)CC(C)=C(C)C[C@@H]2C1=O. The van der Waals surface area contributed by atoms with E-state index in [1.807, 2.05) is 6.92 Å². The fraction of sp³-hybridized carbons (Fsp3) is 0.571. The molecule has 2 aliphatic carbocycles. The van der Waals surface area contributed by atoms with Gasteiger partial charge < -0.3 is 0 Å². The van der Waals surface area contributed by atoms with Crippen molar-refractivity contribution >= 4 is 11.6 Å². The van der Waals surface area contributed by atoms with E-state index in [9.17, 15) is 9.59 Å². The quantitative estimate of drug-likeness (QED) is 0.586. The first kappa shape index (κ1) is 11.3. The predicted octanol–water partition coefficient (Wildman–Crippen LogP) is 2.84. The van der Waals surface area contributed by atoms with Gasteiger partial charge >= 0.3 is 0 Å². The number of hydrogen-bond donors (Lipinski definition) is 0. The molecular formula is C14H18O2. The Balaban J connectivity index is 2.51. The molecular weight excluding hydrogens is 200 g/mol. The first-order valence-corrected chi connectivity index (χ1v) is 5.78. The Morgan fingerprint density at radius 1 is 1.19 bits per heavy atom. The number of hydrogen-bond acceptors (Lipinski definition) is 2. The van der Waals surface area contributed by atoms with Gasteiger partial charge in [-0.15, -0.1) is 0 Å². The van der Waals surface area contributed by atoms with E-state index in [-0.39, 0.29) is 17.5 Å². The largest absolute Gasteiger partial charge is 0.294 e. The van der Waals surface area contributed by atoms with Crippen LogP contribution < -0.4 is 0 Å². The Kier molecular flexibility index (Phi) is 2.41. The van der Waals surface area contributed by atoms with E-state index in [0.29, 0.717) is 5.57 Å². The first-order chi connectivity index (χ1) is 7.36. The predicted molar refractivity (Wildman–Crippen MR) is 63.0 cm³/mol. The minimum atomic E-state index is -0.486. The molecule has 0 heterocycles. The molecule has 0 saturated carbocycles. The summed E-state index contributed by atoms with van der Waals surface area (Å²) in [6, 6.07) is 0. The summed E-state index contributed by atoms with van der Waals surface area (Å²) in [7, 11) is 0. The molecule has 2 rings (SSSR count). The molecule has 2 heteroatoms. The fourth-order valence-corrected chi connectivity index (χ4v) is 2.88. The van der Waals surface area contributed by atoms with E-state index < -0.39 is 5.41 Å². The van der Waals surface area contributed by atoms with Crippen LogP contribution in [0.3, 0.4) is 0 Å². The van der Waals surface area contributed by atoms with Crippen LogP contribution in [0.1, 0.15) is 40.5 Å². The number of carbonyl (C=O) groups is 2. The van der Waals surface area contributed by atoms with E-state index in [2.05, 4.69) is 13.8 Å². The maximum absolute atomic E-state index is 12.1. The molecule has 2 nitrogen and oxygen atoms in total. The summed E-state index contributed by atoms with van der Waals surface area (Å²) in [5.74, 6) is 0.157. The minimum absolute atomic E-state index is 0.126. The van der Waals surface area contributed by atoms with Crippen molar-refractivity contribution in [2.24, 2.45) is 11.3 Å². The van der Waals surface area contributed by atoms with Gasteiger partial charge in [-0.25, -0.2) is 0 Å². The highest BCUT2D eigenvalue weighted by atomic mass is 16.1. The summed E-state index contributed by atoms with van der Waals surface area (Å²) in [6.07, 6.45) is 3.02. The van der Waals surface area contributed by atoms with Crippen LogP contribution >= 0.6 is 0 Å². The van der Waals surface area contributed by atoms with Gasteiger partial charge in [0.05, 0.1) is 0 Å². The Morgan fingerprint density at radius 3 is 2.44 bits per heavy atom. The number of carbonyl (C=O) groups excluding carboxylic acids is 2. The van der Waals surface area contributed by atoms with E-state index in [1.54, 1.807) is 6.92 Å². The van der Waals surface area contributed by atoms with Crippen molar-refractivity contribution in [3.05, 3.63) is 22.8 Å². The number of fused-ring (bicyclic) bond motifs is 1. The number of ketones is 2. The van der Waals surface area contributed by atoms with Gasteiger partial charge in [0, 0.05) is 11.3 Å². The van der Waals surface area contributed by atoms with Crippen LogP contribution in [0.15, 0.2) is 22.8 Å². The molecule has 0 bridgehead atoms. The second-order valence-corrected chi connectivity index (χ2v) is 5.47. The third-order valence-corrected chi connectivity index (χ3v) is 4.26. The van der Waals surface area contributed by atoms with Gasteiger partial charge in [0.25, 0.3) is 0 Å². The zero-order chi connectivity index (χ0) is 12.1. The minimum Gasteiger partial charge on any atom is -0.294 e. The fourth-order valence-electron chi connectivity index (χ4n) is 2.88.